The van der Waals surface area contributed by atoms with Gasteiger partial charge in [0.15, 0.2) is 0 Å². The van der Waals surface area contributed by atoms with Crippen molar-refractivity contribution in [2.24, 2.45) is 5.73 Å². The van der Waals surface area contributed by atoms with Crippen LogP contribution in [0.15, 0.2) is 42.5 Å². The molecule has 4 rings (SSSR count). The monoisotopic (exact) mass is 310 g/mol. The van der Waals surface area contributed by atoms with Crippen LogP contribution in [0.25, 0.3) is 20.5 Å². The Kier molecular flexibility index (Phi) is 2.99. The van der Waals surface area contributed by atoms with Crippen LogP contribution < -0.4 is 21.9 Å². The predicted octanol–water partition coefficient (Wildman–Crippen LogP) is 3.49. The lowest BCUT2D eigenvalue weighted by molar-refractivity contribution is 0.259. The summed E-state index contributed by atoms with van der Waals surface area (Å²) >= 11 is 1.73. The Balaban J connectivity index is 1.89. The number of primary amides is 1. The van der Waals surface area contributed by atoms with Crippen molar-refractivity contribution in [2.45, 2.75) is 6.54 Å². The lowest BCUT2D eigenvalue weighted by Crippen LogP contribution is -2.19. The Morgan fingerprint density at radius 1 is 1.23 bits per heavy atom. The molecule has 5 nitrogen and oxygen atoms in total. The molecular weight excluding hydrogens is 296 g/mol. The van der Waals surface area contributed by atoms with Crippen molar-refractivity contribution in [1.29, 1.82) is 0 Å². The zero-order valence-electron chi connectivity index (χ0n) is 11.6. The number of nitrogens with one attached hydrogen (secondary N) is 3. The Labute approximate surface area is 131 Å². The Morgan fingerprint density at radius 3 is 2.91 bits per heavy atom. The highest BCUT2D eigenvalue weighted by Crippen LogP contribution is 2.41. The second-order valence-corrected chi connectivity index (χ2v) is 6.26. The maximum atomic E-state index is 11.1. The minimum Gasteiger partial charge on any atom is -0.351 e. The summed E-state index contributed by atoms with van der Waals surface area (Å²) in [5, 5.41) is 3.88. The molecule has 2 aromatic carbocycles. The number of hydrogen-bond donors (Lipinski definition) is 4. The van der Waals surface area contributed by atoms with Crippen LogP contribution in [0.1, 0.15) is 5.56 Å². The van der Waals surface area contributed by atoms with E-state index in [2.05, 4.69) is 34.4 Å². The molecular formula is C16H14N4OS. The van der Waals surface area contributed by atoms with Crippen LogP contribution in [-0.2, 0) is 6.54 Å². The minimum absolute atomic E-state index is 0.554. The minimum atomic E-state index is -0.554. The van der Waals surface area contributed by atoms with Crippen molar-refractivity contribution in [3.05, 3.63) is 48.0 Å². The number of nitrogens with two attached hydrogens (primary N) is 1. The molecule has 0 saturated heterocycles. The smallest absolute Gasteiger partial charge is 0.316 e. The maximum Gasteiger partial charge on any atom is 0.316 e. The molecule has 0 radical (unpaired) electrons. The topological polar surface area (TPSA) is 79.2 Å². The first-order chi connectivity index (χ1) is 10.7. The highest BCUT2D eigenvalue weighted by Gasteiger charge is 2.18. The van der Waals surface area contributed by atoms with E-state index in [0.717, 1.165) is 21.7 Å². The molecule has 1 aliphatic rings. The summed E-state index contributed by atoms with van der Waals surface area (Å²) in [6.07, 6.45) is 0. The number of anilines is 2. The third-order valence-electron chi connectivity index (χ3n) is 3.67. The molecule has 5 N–H and O–H groups in total. The molecule has 0 fully saturated rings. The highest BCUT2D eigenvalue weighted by atomic mass is 32.1. The molecule has 2 heterocycles. The third-order valence-corrected chi connectivity index (χ3v) is 4.82. The van der Waals surface area contributed by atoms with Crippen LogP contribution in [0.3, 0.4) is 0 Å². The molecule has 110 valence electrons. The molecule has 0 atom stereocenters. The first-order valence-corrected chi connectivity index (χ1v) is 7.73. The van der Waals surface area contributed by atoms with Gasteiger partial charge in [-0.1, -0.05) is 18.2 Å². The van der Waals surface area contributed by atoms with Crippen LogP contribution >= 0.6 is 11.3 Å². The van der Waals surface area contributed by atoms with Gasteiger partial charge in [-0.05, 0) is 35.2 Å². The van der Waals surface area contributed by atoms with E-state index in [1.165, 1.54) is 10.1 Å². The van der Waals surface area contributed by atoms with Gasteiger partial charge in [-0.15, -0.1) is 11.3 Å². The number of fused-ring (bicyclic) bond motifs is 2. The fourth-order valence-corrected chi connectivity index (χ4v) is 3.83. The summed E-state index contributed by atoms with van der Waals surface area (Å²) in [5.41, 5.74) is 15.5. The predicted molar refractivity (Wildman–Crippen MR) is 90.9 cm³/mol. The zero-order chi connectivity index (χ0) is 15.1. The van der Waals surface area contributed by atoms with Gasteiger partial charge in [-0.3, -0.25) is 0 Å². The summed E-state index contributed by atoms with van der Waals surface area (Å²) < 4.78 is 1.24. The molecule has 0 bridgehead atoms. The highest BCUT2D eigenvalue weighted by molar-refractivity contribution is 7.22. The van der Waals surface area contributed by atoms with Gasteiger partial charge in [0.25, 0.3) is 0 Å². The van der Waals surface area contributed by atoms with Gasteiger partial charge >= 0.3 is 6.03 Å². The SMILES string of the molecule is NC(=O)Nc1cc2c(c(-c3cc4ccccc4s3)c1)NNC2. The number of urea groups is 1. The summed E-state index contributed by atoms with van der Waals surface area (Å²) in [4.78, 5) is 12.3. The van der Waals surface area contributed by atoms with Crippen LogP contribution in [0.2, 0.25) is 0 Å². The fourth-order valence-electron chi connectivity index (χ4n) is 2.74. The standard InChI is InChI=1S/C16H14N4OS/c17-16(21)19-11-5-10-8-18-20-15(10)12(7-11)14-6-9-3-1-2-4-13(9)22-14/h1-7,18,20H,8H2,(H3,17,19,21). The van der Waals surface area contributed by atoms with Crippen LogP contribution in [0.4, 0.5) is 16.2 Å². The van der Waals surface area contributed by atoms with E-state index < -0.39 is 6.03 Å². The molecule has 3 aromatic rings. The summed E-state index contributed by atoms with van der Waals surface area (Å²) in [6.45, 7) is 0.710. The summed E-state index contributed by atoms with van der Waals surface area (Å²) in [6, 6.07) is 13.8. The van der Waals surface area contributed by atoms with E-state index in [-0.39, 0.29) is 0 Å². The van der Waals surface area contributed by atoms with E-state index in [0.29, 0.717) is 12.2 Å². The van der Waals surface area contributed by atoms with Gasteiger partial charge in [-0.2, -0.15) is 0 Å². The van der Waals surface area contributed by atoms with E-state index >= 15 is 0 Å². The van der Waals surface area contributed by atoms with Crippen molar-refractivity contribution in [1.82, 2.24) is 5.43 Å². The van der Waals surface area contributed by atoms with E-state index in [1.54, 1.807) is 11.3 Å². The van der Waals surface area contributed by atoms with Gasteiger partial charge in [0, 0.05) is 27.4 Å². The van der Waals surface area contributed by atoms with Crippen molar-refractivity contribution in [2.75, 3.05) is 10.7 Å². The molecule has 0 unspecified atom stereocenters. The Bertz CT molecular complexity index is 854. The van der Waals surface area contributed by atoms with Gasteiger partial charge in [0.05, 0.1) is 5.69 Å². The van der Waals surface area contributed by atoms with Crippen molar-refractivity contribution in [3.8, 4) is 10.4 Å². The molecule has 0 aliphatic carbocycles. The van der Waals surface area contributed by atoms with E-state index in [1.807, 2.05) is 24.3 Å². The molecule has 2 amide bonds. The number of rotatable bonds is 2. The molecule has 6 heteroatoms. The maximum absolute atomic E-state index is 11.1. The van der Waals surface area contributed by atoms with Gasteiger partial charge in [0.2, 0.25) is 0 Å². The van der Waals surface area contributed by atoms with Crippen molar-refractivity contribution >= 4 is 38.8 Å². The molecule has 0 spiro atoms. The van der Waals surface area contributed by atoms with Crippen molar-refractivity contribution < 1.29 is 4.79 Å². The number of benzene rings is 2. The Hall–Kier alpha value is -2.57. The normalized spacial score (nSPS) is 12.9. The Morgan fingerprint density at radius 2 is 2.09 bits per heavy atom. The molecule has 1 aromatic heterocycles. The number of hydrogen-bond acceptors (Lipinski definition) is 4. The number of thiophene rings is 1. The quantitative estimate of drug-likeness (QED) is 0.585. The van der Waals surface area contributed by atoms with Gasteiger partial charge < -0.3 is 16.5 Å². The number of carbonyl (C=O) groups excluding carboxylic acids is 1. The second-order valence-electron chi connectivity index (χ2n) is 5.17. The summed E-state index contributed by atoms with van der Waals surface area (Å²) in [7, 11) is 0. The average molecular weight is 310 g/mol. The third kappa shape index (κ3) is 2.18. The van der Waals surface area contributed by atoms with Crippen LogP contribution in [0, 0.1) is 0 Å². The van der Waals surface area contributed by atoms with Crippen LogP contribution in [-0.4, -0.2) is 6.03 Å². The lowest BCUT2D eigenvalue weighted by atomic mass is 10.0. The lowest BCUT2D eigenvalue weighted by Gasteiger charge is -2.10. The van der Waals surface area contributed by atoms with Crippen molar-refractivity contribution in [3.63, 3.8) is 0 Å². The average Bonchev–Trinajstić information content (AvgIpc) is 3.11. The molecule has 22 heavy (non-hydrogen) atoms. The summed E-state index contributed by atoms with van der Waals surface area (Å²) in [5.74, 6) is 0. The fraction of sp³-hybridized carbons (Fsp3) is 0.0625. The van der Waals surface area contributed by atoms with E-state index in [4.69, 9.17) is 5.73 Å². The number of hydrazine groups is 1. The van der Waals surface area contributed by atoms with E-state index in [9.17, 15) is 4.79 Å². The van der Waals surface area contributed by atoms with Gasteiger partial charge in [-0.25, -0.2) is 10.2 Å². The molecule has 1 aliphatic heterocycles. The van der Waals surface area contributed by atoms with Crippen LogP contribution in [0.5, 0.6) is 0 Å². The molecule has 0 saturated carbocycles. The number of carbonyl (C=O) groups is 1. The zero-order valence-corrected chi connectivity index (χ0v) is 12.5. The number of amides is 2. The first-order valence-electron chi connectivity index (χ1n) is 6.92. The largest absolute Gasteiger partial charge is 0.351 e. The van der Waals surface area contributed by atoms with Gasteiger partial charge in [0.1, 0.15) is 0 Å². The first kappa shape index (κ1) is 13.1. The second kappa shape index (κ2) is 5.01.